The molecule has 0 radical (unpaired) electrons. The highest BCUT2D eigenvalue weighted by atomic mass is 16.5. The summed E-state index contributed by atoms with van der Waals surface area (Å²) in [6.07, 6.45) is 7.24. The van der Waals surface area contributed by atoms with E-state index < -0.39 is 6.10 Å². The minimum Gasteiger partial charge on any atom is -0.462 e. The van der Waals surface area contributed by atoms with Crippen molar-refractivity contribution in [1.29, 1.82) is 0 Å². The van der Waals surface area contributed by atoms with E-state index in [1.807, 2.05) is 19.9 Å². The zero-order valence-corrected chi connectivity index (χ0v) is 15.3. The van der Waals surface area contributed by atoms with Crippen molar-refractivity contribution in [2.45, 2.75) is 78.1 Å². The Morgan fingerprint density at radius 3 is 2.70 bits per heavy atom. The second kappa shape index (κ2) is 10.1. The molecule has 4 nitrogen and oxygen atoms in total. The Morgan fingerprint density at radius 2 is 2.13 bits per heavy atom. The Labute approximate surface area is 141 Å². The number of allylic oxidation sites excluding steroid dienone is 2. The van der Waals surface area contributed by atoms with Crippen LogP contribution in [0.5, 0.6) is 0 Å². The van der Waals surface area contributed by atoms with Gasteiger partial charge in [0, 0.05) is 25.9 Å². The molecule has 1 N–H and O–H groups in total. The summed E-state index contributed by atoms with van der Waals surface area (Å²) in [7, 11) is 1.70. The van der Waals surface area contributed by atoms with Crippen LogP contribution in [0.25, 0.3) is 0 Å². The molecule has 1 aliphatic heterocycles. The maximum absolute atomic E-state index is 11.6. The third-order valence-corrected chi connectivity index (χ3v) is 5.23. The maximum atomic E-state index is 11.6. The first-order chi connectivity index (χ1) is 10.9. The normalized spacial score (nSPS) is 27.5. The molecule has 0 spiro atoms. The number of ether oxygens (including phenoxy) is 2. The van der Waals surface area contributed by atoms with Gasteiger partial charge in [0.15, 0.2) is 0 Å². The Bertz CT molecular complexity index is 380. The number of carbonyl (C=O) groups excluding carboxylic acids is 1. The van der Waals surface area contributed by atoms with E-state index in [2.05, 4.69) is 19.9 Å². The van der Waals surface area contributed by atoms with Gasteiger partial charge in [-0.1, -0.05) is 32.9 Å². The Kier molecular flexibility index (Phi) is 8.85. The van der Waals surface area contributed by atoms with Crippen LogP contribution in [0.3, 0.4) is 0 Å². The molecule has 0 amide bonds. The van der Waals surface area contributed by atoms with Crippen LogP contribution in [0, 0.1) is 17.8 Å². The van der Waals surface area contributed by atoms with Gasteiger partial charge in [-0.05, 0) is 38.0 Å². The molecule has 6 unspecified atom stereocenters. The summed E-state index contributed by atoms with van der Waals surface area (Å²) < 4.78 is 11.2. The fourth-order valence-corrected chi connectivity index (χ4v) is 3.64. The van der Waals surface area contributed by atoms with Crippen molar-refractivity contribution in [2.24, 2.45) is 17.8 Å². The van der Waals surface area contributed by atoms with Crippen molar-refractivity contribution < 1.29 is 19.4 Å². The fourth-order valence-electron chi connectivity index (χ4n) is 3.64. The van der Waals surface area contributed by atoms with Gasteiger partial charge in [0.25, 0.3) is 0 Å². The van der Waals surface area contributed by atoms with Gasteiger partial charge in [-0.2, -0.15) is 0 Å². The minimum atomic E-state index is -0.530. The fraction of sp³-hybridized carbons (Fsp3) is 0.842. The summed E-state index contributed by atoms with van der Waals surface area (Å²) >= 11 is 0. The highest BCUT2D eigenvalue weighted by Crippen LogP contribution is 2.31. The van der Waals surface area contributed by atoms with Crippen LogP contribution in [-0.4, -0.2) is 36.5 Å². The molecule has 134 valence electrons. The summed E-state index contributed by atoms with van der Waals surface area (Å²) in [5.74, 6) is 0.551. The van der Waals surface area contributed by atoms with E-state index in [1.165, 1.54) is 0 Å². The number of hydrogen-bond acceptors (Lipinski definition) is 4. The summed E-state index contributed by atoms with van der Waals surface area (Å²) in [6.45, 7) is 8.29. The molecule has 1 fully saturated rings. The molecule has 1 rings (SSSR count). The van der Waals surface area contributed by atoms with Crippen LogP contribution < -0.4 is 0 Å². The van der Waals surface area contributed by atoms with Crippen molar-refractivity contribution in [1.82, 2.24) is 0 Å². The van der Waals surface area contributed by atoms with Gasteiger partial charge < -0.3 is 14.6 Å². The van der Waals surface area contributed by atoms with Crippen molar-refractivity contribution in [2.75, 3.05) is 7.11 Å². The lowest BCUT2D eigenvalue weighted by molar-refractivity contribution is -0.162. The number of hydrogen-bond donors (Lipinski definition) is 1. The average Bonchev–Trinajstić information content (AvgIpc) is 2.53. The minimum absolute atomic E-state index is 0.00149. The first-order valence-corrected chi connectivity index (χ1v) is 8.95. The Morgan fingerprint density at radius 1 is 1.43 bits per heavy atom. The molecule has 23 heavy (non-hydrogen) atoms. The zero-order valence-electron chi connectivity index (χ0n) is 15.3. The third kappa shape index (κ3) is 5.92. The predicted octanol–water partition coefficient (Wildman–Crippen LogP) is 3.72. The number of rotatable bonds is 9. The molecule has 1 saturated heterocycles. The highest BCUT2D eigenvalue weighted by Gasteiger charge is 2.35. The number of carbonyl (C=O) groups is 1. The highest BCUT2D eigenvalue weighted by molar-refractivity contribution is 5.70. The largest absolute Gasteiger partial charge is 0.462 e. The number of esters is 1. The molecule has 0 aromatic rings. The van der Waals surface area contributed by atoms with Crippen LogP contribution in [0.15, 0.2) is 12.2 Å². The SMILES string of the molecule is CC=CCC(C)C(OC)C(C)C(O)CC1OC(=O)CCC1CC. The second-order valence-electron chi connectivity index (χ2n) is 6.88. The van der Waals surface area contributed by atoms with E-state index in [-0.39, 0.29) is 24.1 Å². The van der Waals surface area contributed by atoms with E-state index in [0.717, 1.165) is 19.3 Å². The molecule has 0 aromatic carbocycles. The van der Waals surface area contributed by atoms with Crippen LogP contribution in [0.2, 0.25) is 0 Å². The Balaban J connectivity index is 2.65. The average molecular weight is 326 g/mol. The monoisotopic (exact) mass is 326 g/mol. The van der Waals surface area contributed by atoms with Gasteiger partial charge in [0.2, 0.25) is 0 Å². The smallest absolute Gasteiger partial charge is 0.306 e. The number of methoxy groups -OCH3 is 1. The second-order valence-corrected chi connectivity index (χ2v) is 6.88. The molecule has 1 aliphatic rings. The standard InChI is InChI=1S/C19H34O4/c1-6-8-9-13(3)19(22-5)14(4)16(20)12-17-15(7-2)10-11-18(21)23-17/h6,8,13-17,19-20H,7,9-12H2,1-5H3. The molecular formula is C19H34O4. The number of aliphatic hydroxyl groups excluding tert-OH is 1. The van der Waals surface area contributed by atoms with Crippen molar-refractivity contribution in [3.05, 3.63) is 12.2 Å². The molecule has 4 heteroatoms. The zero-order chi connectivity index (χ0) is 17.4. The number of cyclic esters (lactones) is 1. The summed E-state index contributed by atoms with van der Waals surface area (Å²) in [6, 6.07) is 0. The molecular weight excluding hydrogens is 292 g/mol. The molecule has 1 heterocycles. The van der Waals surface area contributed by atoms with E-state index in [4.69, 9.17) is 9.47 Å². The summed E-state index contributed by atoms with van der Waals surface area (Å²) in [5, 5.41) is 10.7. The van der Waals surface area contributed by atoms with Gasteiger partial charge in [0.05, 0.1) is 12.2 Å². The number of aliphatic hydroxyl groups is 1. The van der Waals surface area contributed by atoms with Crippen LogP contribution >= 0.6 is 0 Å². The predicted molar refractivity (Wildman–Crippen MR) is 92.1 cm³/mol. The van der Waals surface area contributed by atoms with E-state index >= 15 is 0 Å². The van der Waals surface area contributed by atoms with Gasteiger partial charge in [-0.3, -0.25) is 4.79 Å². The molecule has 0 saturated carbocycles. The Hall–Kier alpha value is -0.870. The lowest BCUT2D eigenvalue weighted by Crippen LogP contribution is -2.41. The van der Waals surface area contributed by atoms with Gasteiger partial charge in [-0.15, -0.1) is 0 Å². The quantitative estimate of drug-likeness (QED) is 0.518. The molecule has 6 atom stereocenters. The summed E-state index contributed by atoms with van der Waals surface area (Å²) in [4.78, 5) is 11.6. The molecule has 0 aromatic heterocycles. The van der Waals surface area contributed by atoms with Gasteiger partial charge in [0.1, 0.15) is 6.10 Å². The van der Waals surface area contributed by atoms with Gasteiger partial charge in [-0.25, -0.2) is 0 Å². The molecule has 0 bridgehead atoms. The first kappa shape index (κ1) is 20.2. The lowest BCUT2D eigenvalue weighted by atomic mass is 9.82. The van der Waals surface area contributed by atoms with Crippen molar-refractivity contribution >= 4 is 5.97 Å². The van der Waals surface area contributed by atoms with Gasteiger partial charge >= 0.3 is 5.97 Å². The van der Waals surface area contributed by atoms with E-state index in [1.54, 1.807) is 7.11 Å². The summed E-state index contributed by atoms with van der Waals surface area (Å²) in [5.41, 5.74) is 0. The topological polar surface area (TPSA) is 55.8 Å². The maximum Gasteiger partial charge on any atom is 0.306 e. The third-order valence-electron chi connectivity index (χ3n) is 5.23. The van der Waals surface area contributed by atoms with Crippen LogP contribution in [0.1, 0.15) is 59.8 Å². The van der Waals surface area contributed by atoms with Crippen molar-refractivity contribution in [3.8, 4) is 0 Å². The lowest BCUT2D eigenvalue weighted by Gasteiger charge is -2.36. The first-order valence-electron chi connectivity index (χ1n) is 8.95. The van der Waals surface area contributed by atoms with E-state index in [9.17, 15) is 9.90 Å². The van der Waals surface area contributed by atoms with Crippen LogP contribution in [0.4, 0.5) is 0 Å². The van der Waals surface area contributed by atoms with Crippen molar-refractivity contribution in [3.63, 3.8) is 0 Å². The molecule has 0 aliphatic carbocycles. The van der Waals surface area contributed by atoms with Crippen LogP contribution in [-0.2, 0) is 14.3 Å². The van der Waals surface area contributed by atoms with E-state index in [0.29, 0.717) is 24.7 Å².